The molecule has 114 valence electrons. The number of carbonyl (C=O) groups excluding carboxylic acids is 1. The van der Waals surface area contributed by atoms with Gasteiger partial charge < -0.3 is 5.11 Å². The van der Waals surface area contributed by atoms with E-state index in [-0.39, 0.29) is 21.8 Å². The van der Waals surface area contributed by atoms with Crippen molar-refractivity contribution in [1.82, 2.24) is 4.98 Å². The Morgan fingerprint density at radius 3 is 2.45 bits per heavy atom. The van der Waals surface area contributed by atoms with Gasteiger partial charge in [-0.3, -0.25) is 9.69 Å². The molecule has 0 radical (unpaired) electrons. The smallest absolute Gasteiger partial charge is 0.376 e. The van der Waals surface area contributed by atoms with Gasteiger partial charge in [0, 0.05) is 18.7 Å². The van der Waals surface area contributed by atoms with Gasteiger partial charge in [-0.2, -0.15) is 13.2 Å². The van der Waals surface area contributed by atoms with E-state index in [9.17, 15) is 23.1 Å². The Balaban J connectivity index is 3.11. The summed E-state index contributed by atoms with van der Waals surface area (Å²) < 4.78 is 38.2. The second-order valence-corrected chi connectivity index (χ2v) is 5.82. The van der Waals surface area contributed by atoms with Crippen LogP contribution in [0.4, 0.5) is 18.3 Å². The maximum Gasteiger partial charge on any atom is 0.422 e. The molecular weight excluding hydrogens is 293 g/mol. The van der Waals surface area contributed by atoms with Crippen LogP contribution in [0.3, 0.4) is 0 Å². The topological polar surface area (TPSA) is 53.4 Å². The highest BCUT2D eigenvalue weighted by Crippen LogP contribution is 2.42. The van der Waals surface area contributed by atoms with Gasteiger partial charge in [0.2, 0.25) is 5.91 Å². The molecule has 1 N–H and O–H groups in total. The Morgan fingerprint density at radius 2 is 2.05 bits per heavy atom. The predicted octanol–water partition coefficient (Wildman–Crippen LogP) is 2.92. The first kappa shape index (κ1) is 16.9. The fraction of sp³-hybridized carbons (Fsp3) is 0.667. The number of halogens is 3. The van der Waals surface area contributed by atoms with Crippen LogP contribution in [0.15, 0.2) is 6.20 Å². The van der Waals surface area contributed by atoms with E-state index >= 15 is 0 Å². The minimum absolute atomic E-state index is 0.158. The lowest BCUT2D eigenvalue weighted by atomic mass is 10.1. The highest BCUT2D eigenvalue weighted by molar-refractivity contribution is 7.15. The van der Waals surface area contributed by atoms with Crippen molar-refractivity contribution in [2.75, 3.05) is 11.4 Å². The average Bonchev–Trinajstić information content (AvgIpc) is 2.78. The number of hydrogen-bond donors (Lipinski definition) is 1. The molecule has 0 aliphatic carbocycles. The zero-order valence-corrected chi connectivity index (χ0v) is 12.5. The SMILES string of the molecule is CCN(C(=O)C(C)C)c1ncc(C(C)(O)C(F)(F)F)s1. The van der Waals surface area contributed by atoms with Crippen LogP contribution in [-0.2, 0) is 10.4 Å². The lowest BCUT2D eigenvalue weighted by Crippen LogP contribution is -2.38. The first-order chi connectivity index (χ1) is 9.02. The number of thiazole rings is 1. The average molecular weight is 310 g/mol. The van der Waals surface area contributed by atoms with Crippen molar-refractivity contribution in [3.05, 3.63) is 11.1 Å². The van der Waals surface area contributed by atoms with E-state index in [2.05, 4.69) is 4.98 Å². The van der Waals surface area contributed by atoms with E-state index < -0.39 is 11.8 Å². The van der Waals surface area contributed by atoms with Gasteiger partial charge in [-0.1, -0.05) is 25.2 Å². The molecule has 0 spiro atoms. The molecule has 0 aliphatic heterocycles. The highest BCUT2D eigenvalue weighted by atomic mass is 32.1. The van der Waals surface area contributed by atoms with Gasteiger partial charge in [0.1, 0.15) is 0 Å². The molecule has 0 aliphatic rings. The number of nitrogens with zero attached hydrogens (tertiary/aromatic N) is 2. The fourth-order valence-corrected chi connectivity index (χ4v) is 2.50. The summed E-state index contributed by atoms with van der Waals surface area (Å²) in [6.45, 7) is 6.09. The Bertz CT molecular complexity index is 483. The Morgan fingerprint density at radius 1 is 1.50 bits per heavy atom. The molecule has 0 saturated heterocycles. The highest BCUT2D eigenvalue weighted by Gasteiger charge is 2.52. The van der Waals surface area contributed by atoms with Crippen LogP contribution in [0.5, 0.6) is 0 Å². The van der Waals surface area contributed by atoms with Gasteiger partial charge in [-0.25, -0.2) is 4.98 Å². The van der Waals surface area contributed by atoms with Crippen LogP contribution in [0.2, 0.25) is 0 Å². The third kappa shape index (κ3) is 3.12. The molecule has 1 amide bonds. The number of hydrogen-bond acceptors (Lipinski definition) is 4. The molecule has 0 bridgehead atoms. The van der Waals surface area contributed by atoms with Crippen molar-refractivity contribution in [3.8, 4) is 0 Å². The molecule has 0 aromatic carbocycles. The molecule has 1 aromatic rings. The van der Waals surface area contributed by atoms with Crippen molar-refractivity contribution in [1.29, 1.82) is 0 Å². The Kier molecular flexibility index (Phi) is 4.81. The third-order valence-corrected chi connectivity index (χ3v) is 4.06. The largest absolute Gasteiger partial charge is 0.422 e. The van der Waals surface area contributed by atoms with Gasteiger partial charge >= 0.3 is 6.18 Å². The number of aliphatic hydroxyl groups is 1. The number of anilines is 1. The van der Waals surface area contributed by atoms with Gasteiger partial charge in [-0.15, -0.1) is 0 Å². The molecule has 1 aromatic heterocycles. The first-order valence-corrected chi connectivity index (χ1v) is 6.90. The monoisotopic (exact) mass is 310 g/mol. The first-order valence-electron chi connectivity index (χ1n) is 6.09. The number of carbonyl (C=O) groups is 1. The summed E-state index contributed by atoms with van der Waals surface area (Å²) in [6.07, 6.45) is -3.83. The fourth-order valence-electron chi connectivity index (χ4n) is 1.45. The zero-order chi connectivity index (χ0) is 15.7. The quantitative estimate of drug-likeness (QED) is 0.930. The predicted molar refractivity (Wildman–Crippen MR) is 70.6 cm³/mol. The molecule has 20 heavy (non-hydrogen) atoms. The Hall–Kier alpha value is -1.15. The van der Waals surface area contributed by atoms with Crippen LogP contribution < -0.4 is 4.90 Å². The number of rotatable bonds is 4. The molecule has 8 heteroatoms. The lowest BCUT2D eigenvalue weighted by molar-refractivity contribution is -0.257. The molecule has 4 nitrogen and oxygen atoms in total. The van der Waals surface area contributed by atoms with Gasteiger partial charge in [0.05, 0.1) is 4.88 Å². The van der Waals surface area contributed by atoms with Gasteiger partial charge in [0.15, 0.2) is 10.7 Å². The zero-order valence-electron chi connectivity index (χ0n) is 11.7. The minimum Gasteiger partial charge on any atom is -0.376 e. The molecule has 0 saturated carbocycles. The molecule has 1 atom stereocenters. The lowest BCUT2D eigenvalue weighted by Gasteiger charge is -2.24. The summed E-state index contributed by atoms with van der Waals surface area (Å²) in [5.74, 6) is -0.509. The number of aromatic nitrogens is 1. The van der Waals surface area contributed by atoms with E-state index in [1.807, 2.05) is 0 Å². The minimum atomic E-state index is -4.80. The van der Waals surface area contributed by atoms with Crippen LogP contribution >= 0.6 is 11.3 Å². The normalized spacial score (nSPS) is 15.2. The third-order valence-electron chi connectivity index (χ3n) is 2.83. The van der Waals surface area contributed by atoms with Crippen molar-refractivity contribution < 1.29 is 23.1 Å². The van der Waals surface area contributed by atoms with Crippen molar-refractivity contribution in [2.24, 2.45) is 5.92 Å². The van der Waals surface area contributed by atoms with Gasteiger partial charge in [0.25, 0.3) is 0 Å². The summed E-state index contributed by atoms with van der Waals surface area (Å²) in [6, 6.07) is 0. The van der Waals surface area contributed by atoms with Crippen molar-refractivity contribution in [2.45, 2.75) is 39.5 Å². The standard InChI is InChI=1S/C12H17F3N2O2S/c1-5-17(9(18)7(2)3)10-16-6-8(20-10)11(4,19)12(13,14)15/h6-7,19H,5H2,1-4H3. The number of amides is 1. The van der Waals surface area contributed by atoms with Crippen LogP contribution in [0, 0.1) is 5.92 Å². The Labute approximate surface area is 119 Å². The summed E-state index contributed by atoms with van der Waals surface area (Å²) in [5.41, 5.74) is -2.97. The summed E-state index contributed by atoms with van der Waals surface area (Å²) >= 11 is 0.669. The van der Waals surface area contributed by atoms with E-state index in [4.69, 9.17) is 0 Å². The maximum atomic E-state index is 12.7. The summed E-state index contributed by atoms with van der Waals surface area (Å²) in [5, 5.41) is 9.74. The summed E-state index contributed by atoms with van der Waals surface area (Å²) in [4.78, 5) is 16.7. The number of alkyl halides is 3. The van der Waals surface area contributed by atoms with E-state index in [1.165, 1.54) is 4.90 Å². The van der Waals surface area contributed by atoms with Crippen molar-refractivity contribution in [3.63, 3.8) is 0 Å². The second kappa shape index (κ2) is 5.69. The van der Waals surface area contributed by atoms with Gasteiger partial charge in [-0.05, 0) is 13.8 Å². The molecular formula is C12H17F3N2O2S. The van der Waals surface area contributed by atoms with E-state index in [0.29, 0.717) is 24.8 Å². The molecule has 1 heterocycles. The second-order valence-electron chi connectivity index (χ2n) is 4.81. The van der Waals surface area contributed by atoms with Crippen molar-refractivity contribution >= 4 is 22.4 Å². The molecule has 1 rings (SSSR count). The molecule has 1 unspecified atom stereocenters. The van der Waals surface area contributed by atoms with Crippen LogP contribution in [-0.4, -0.2) is 28.7 Å². The molecule has 0 fully saturated rings. The summed E-state index contributed by atoms with van der Waals surface area (Å²) in [7, 11) is 0. The van der Waals surface area contributed by atoms with Crippen LogP contribution in [0.25, 0.3) is 0 Å². The van der Waals surface area contributed by atoms with E-state index in [0.717, 1.165) is 6.20 Å². The van der Waals surface area contributed by atoms with E-state index in [1.54, 1.807) is 20.8 Å². The maximum absolute atomic E-state index is 12.7. The van der Waals surface area contributed by atoms with Crippen LogP contribution in [0.1, 0.15) is 32.6 Å².